The predicted octanol–water partition coefficient (Wildman–Crippen LogP) is 3.35. The van der Waals surface area contributed by atoms with Crippen molar-refractivity contribution in [1.82, 2.24) is 4.90 Å². The molecule has 0 N–H and O–H groups in total. The maximum Gasteiger partial charge on any atom is 0.259 e. The number of hydrogen-bond donors (Lipinski definition) is 0. The molecule has 0 radical (unpaired) electrons. The molecule has 6 heteroatoms. The van der Waals surface area contributed by atoms with Crippen molar-refractivity contribution in [3.63, 3.8) is 0 Å². The first kappa shape index (κ1) is 15.0. The second-order valence-electron chi connectivity index (χ2n) is 3.73. The molecule has 18 heavy (non-hydrogen) atoms. The van der Waals surface area contributed by atoms with Crippen molar-refractivity contribution >= 4 is 21.8 Å². The lowest BCUT2D eigenvalue weighted by Crippen LogP contribution is -2.34. The molecule has 0 aromatic heterocycles. The highest BCUT2D eigenvalue weighted by Gasteiger charge is 2.23. The molecule has 0 spiro atoms. The molecule has 0 aliphatic heterocycles. The van der Waals surface area contributed by atoms with Gasteiger partial charge in [-0.1, -0.05) is 22.9 Å². The molecule has 0 unspecified atom stereocenters. The fourth-order valence-corrected chi connectivity index (χ4v) is 2.02. The summed E-state index contributed by atoms with van der Waals surface area (Å²) in [6.45, 7) is 2.58. The third-order valence-corrected chi connectivity index (χ3v) is 2.71. The van der Waals surface area contributed by atoms with Gasteiger partial charge in [0.15, 0.2) is 0 Å². The summed E-state index contributed by atoms with van der Waals surface area (Å²) in [5.74, 6) is -4.14. The minimum Gasteiger partial charge on any atom is -0.338 e. The Bertz CT molecular complexity index is 410. The van der Waals surface area contributed by atoms with E-state index in [-0.39, 0.29) is 0 Å². The molecule has 2 nitrogen and oxygen atoms in total. The zero-order valence-electron chi connectivity index (χ0n) is 9.85. The molecule has 0 saturated heterocycles. The van der Waals surface area contributed by atoms with Crippen molar-refractivity contribution in [1.29, 1.82) is 0 Å². The van der Waals surface area contributed by atoms with Gasteiger partial charge in [0.1, 0.15) is 23.0 Å². The quantitative estimate of drug-likeness (QED) is 0.761. The Morgan fingerprint density at radius 1 is 1.22 bits per heavy atom. The van der Waals surface area contributed by atoms with Gasteiger partial charge < -0.3 is 4.90 Å². The first-order valence-corrected chi connectivity index (χ1v) is 6.63. The highest BCUT2D eigenvalue weighted by molar-refractivity contribution is 9.09. The van der Waals surface area contributed by atoms with Crippen LogP contribution in [0.4, 0.5) is 13.2 Å². The Kier molecular flexibility index (Phi) is 5.65. The minimum absolute atomic E-state index is 0.336. The molecule has 1 rings (SSSR count). The van der Waals surface area contributed by atoms with E-state index in [2.05, 4.69) is 15.9 Å². The maximum absolute atomic E-state index is 13.5. The Morgan fingerprint density at radius 2 is 1.78 bits per heavy atom. The van der Waals surface area contributed by atoms with Crippen LogP contribution in [0.15, 0.2) is 12.1 Å². The third kappa shape index (κ3) is 3.48. The van der Waals surface area contributed by atoms with Crippen molar-refractivity contribution < 1.29 is 18.0 Å². The van der Waals surface area contributed by atoms with E-state index in [0.29, 0.717) is 37.0 Å². The molecule has 0 saturated carbocycles. The lowest BCUT2D eigenvalue weighted by molar-refractivity contribution is 0.0756. The van der Waals surface area contributed by atoms with Crippen molar-refractivity contribution in [2.24, 2.45) is 0 Å². The van der Waals surface area contributed by atoms with Crippen LogP contribution in [-0.4, -0.2) is 29.2 Å². The fourth-order valence-electron chi connectivity index (χ4n) is 1.59. The maximum atomic E-state index is 13.5. The Labute approximate surface area is 112 Å². The molecule has 0 atom stereocenters. The highest BCUT2D eigenvalue weighted by Crippen LogP contribution is 2.17. The molecule has 0 fully saturated rings. The Morgan fingerprint density at radius 3 is 2.22 bits per heavy atom. The van der Waals surface area contributed by atoms with Crippen LogP contribution in [-0.2, 0) is 0 Å². The standard InChI is InChI=1S/C12H13BrF3NO/c1-2-4-17(5-3-13)12(18)11-9(15)6-8(14)7-10(11)16/h6-7H,2-5H2,1H3. The summed E-state index contributed by atoms with van der Waals surface area (Å²) >= 11 is 3.17. The molecule has 1 aromatic rings. The number of alkyl halides is 1. The summed E-state index contributed by atoms with van der Waals surface area (Å²) in [5, 5.41) is 0.503. The highest BCUT2D eigenvalue weighted by atomic mass is 79.9. The van der Waals surface area contributed by atoms with E-state index in [1.807, 2.05) is 6.92 Å². The van der Waals surface area contributed by atoms with Gasteiger partial charge in [0.25, 0.3) is 5.91 Å². The number of carbonyl (C=O) groups is 1. The Balaban J connectivity index is 3.08. The van der Waals surface area contributed by atoms with Crippen molar-refractivity contribution in [2.75, 3.05) is 18.4 Å². The van der Waals surface area contributed by atoms with Gasteiger partial charge in [-0.3, -0.25) is 4.79 Å². The van der Waals surface area contributed by atoms with Crippen LogP contribution in [0.1, 0.15) is 23.7 Å². The minimum atomic E-state index is -1.17. The third-order valence-electron chi connectivity index (χ3n) is 2.36. The summed E-state index contributed by atoms with van der Waals surface area (Å²) in [5.41, 5.74) is -0.703. The van der Waals surface area contributed by atoms with E-state index in [1.54, 1.807) is 0 Å². The van der Waals surface area contributed by atoms with Crippen LogP contribution in [0, 0.1) is 17.5 Å². The summed E-state index contributed by atoms with van der Waals surface area (Å²) in [4.78, 5) is 13.3. The number of halogens is 4. The van der Waals surface area contributed by atoms with Crippen molar-refractivity contribution in [3.8, 4) is 0 Å². The molecule has 1 amide bonds. The van der Waals surface area contributed by atoms with E-state index < -0.39 is 28.9 Å². The van der Waals surface area contributed by atoms with Crippen LogP contribution >= 0.6 is 15.9 Å². The monoisotopic (exact) mass is 323 g/mol. The van der Waals surface area contributed by atoms with Gasteiger partial charge in [0.2, 0.25) is 0 Å². The summed E-state index contributed by atoms with van der Waals surface area (Å²) < 4.78 is 39.7. The van der Waals surface area contributed by atoms with Gasteiger partial charge >= 0.3 is 0 Å². The van der Waals surface area contributed by atoms with E-state index in [0.717, 1.165) is 0 Å². The van der Waals surface area contributed by atoms with Gasteiger partial charge in [0.05, 0.1) is 0 Å². The normalized spacial score (nSPS) is 10.5. The van der Waals surface area contributed by atoms with Gasteiger partial charge in [-0.05, 0) is 6.42 Å². The molecule has 1 aromatic carbocycles. The number of rotatable bonds is 5. The number of nitrogens with zero attached hydrogens (tertiary/aromatic N) is 1. The van der Waals surface area contributed by atoms with Gasteiger partial charge in [-0.2, -0.15) is 0 Å². The summed E-state index contributed by atoms with van der Waals surface area (Å²) in [6, 6.07) is 1.02. The SMILES string of the molecule is CCCN(CCBr)C(=O)c1c(F)cc(F)cc1F. The average Bonchev–Trinajstić information content (AvgIpc) is 2.27. The number of carbonyl (C=O) groups excluding carboxylic acids is 1. The second kappa shape index (κ2) is 6.78. The average molecular weight is 324 g/mol. The van der Waals surface area contributed by atoms with Crippen LogP contribution in [0.25, 0.3) is 0 Å². The zero-order valence-corrected chi connectivity index (χ0v) is 11.4. The van der Waals surface area contributed by atoms with E-state index >= 15 is 0 Å². The first-order chi connectivity index (χ1) is 8.51. The smallest absolute Gasteiger partial charge is 0.259 e. The van der Waals surface area contributed by atoms with Crippen LogP contribution < -0.4 is 0 Å². The number of hydrogen-bond acceptors (Lipinski definition) is 1. The topological polar surface area (TPSA) is 20.3 Å². The first-order valence-electron chi connectivity index (χ1n) is 5.51. The van der Waals surface area contributed by atoms with E-state index in [4.69, 9.17) is 0 Å². The number of amides is 1. The zero-order chi connectivity index (χ0) is 13.7. The predicted molar refractivity (Wildman–Crippen MR) is 66.3 cm³/mol. The lowest BCUT2D eigenvalue weighted by Gasteiger charge is -2.21. The molecule has 0 bridgehead atoms. The fraction of sp³-hybridized carbons (Fsp3) is 0.417. The molecule has 0 aliphatic carbocycles. The number of benzene rings is 1. The van der Waals surface area contributed by atoms with Crippen LogP contribution in [0.5, 0.6) is 0 Å². The molecule has 0 aliphatic rings. The molecular weight excluding hydrogens is 311 g/mol. The molecule has 100 valence electrons. The second-order valence-corrected chi connectivity index (χ2v) is 4.52. The largest absolute Gasteiger partial charge is 0.338 e. The van der Waals surface area contributed by atoms with Crippen molar-refractivity contribution in [2.45, 2.75) is 13.3 Å². The van der Waals surface area contributed by atoms with Crippen LogP contribution in [0.2, 0.25) is 0 Å². The summed E-state index contributed by atoms with van der Waals surface area (Å²) in [6.07, 6.45) is 0.670. The van der Waals surface area contributed by atoms with E-state index in [1.165, 1.54) is 4.90 Å². The lowest BCUT2D eigenvalue weighted by atomic mass is 10.1. The van der Waals surface area contributed by atoms with Crippen molar-refractivity contribution in [3.05, 3.63) is 35.1 Å². The van der Waals surface area contributed by atoms with E-state index in [9.17, 15) is 18.0 Å². The molecule has 0 heterocycles. The Hall–Kier alpha value is -1.04. The van der Waals surface area contributed by atoms with Gasteiger partial charge in [-0.25, -0.2) is 13.2 Å². The molecular formula is C12H13BrF3NO. The van der Waals surface area contributed by atoms with Gasteiger partial charge in [0, 0.05) is 30.6 Å². The van der Waals surface area contributed by atoms with Gasteiger partial charge in [-0.15, -0.1) is 0 Å². The van der Waals surface area contributed by atoms with Crippen LogP contribution in [0.3, 0.4) is 0 Å². The summed E-state index contributed by atoms with van der Waals surface area (Å²) in [7, 11) is 0.